The van der Waals surface area contributed by atoms with Gasteiger partial charge in [0.15, 0.2) is 0 Å². The Labute approximate surface area is 176 Å². The van der Waals surface area contributed by atoms with Crippen LogP contribution in [0, 0.1) is 6.92 Å². The first-order valence-corrected chi connectivity index (χ1v) is 11.2. The van der Waals surface area contributed by atoms with E-state index < -0.39 is 10.0 Å². The van der Waals surface area contributed by atoms with E-state index in [0.29, 0.717) is 32.0 Å². The molecule has 1 saturated heterocycles. The summed E-state index contributed by atoms with van der Waals surface area (Å²) in [6, 6.07) is 11.2. The fourth-order valence-electron chi connectivity index (χ4n) is 2.94. The molecule has 1 amide bonds. The Morgan fingerprint density at radius 1 is 1.14 bits per heavy atom. The van der Waals surface area contributed by atoms with Gasteiger partial charge in [0.25, 0.3) is 15.9 Å². The molecule has 0 aromatic heterocycles. The van der Waals surface area contributed by atoms with Crippen molar-refractivity contribution in [1.82, 2.24) is 10.2 Å². The molecule has 1 heterocycles. The van der Waals surface area contributed by atoms with Gasteiger partial charge in [-0.05, 0) is 37.3 Å². The Morgan fingerprint density at radius 3 is 2.52 bits per heavy atom. The molecule has 0 aliphatic carbocycles. The van der Waals surface area contributed by atoms with E-state index in [1.54, 1.807) is 24.3 Å². The Bertz CT molecular complexity index is 958. The van der Waals surface area contributed by atoms with E-state index in [2.05, 4.69) is 14.9 Å². The second-order valence-electron chi connectivity index (χ2n) is 6.83. The van der Waals surface area contributed by atoms with Gasteiger partial charge >= 0.3 is 0 Å². The van der Waals surface area contributed by atoms with E-state index in [4.69, 9.17) is 16.3 Å². The highest BCUT2D eigenvalue weighted by Crippen LogP contribution is 2.25. The van der Waals surface area contributed by atoms with Crippen molar-refractivity contribution in [3.05, 3.63) is 58.6 Å². The zero-order valence-corrected chi connectivity index (χ0v) is 17.7. The number of morpholine rings is 1. The summed E-state index contributed by atoms with van der Waals surface area (Å²) in [5.74, 6) is -0.346. The summed E-state index contributed by atoms with van der Waals surface area (Å²) in [6.07, 6.45) is 0. The molecule has 2 N–H and O–H groups in total. The number of nitrogens with zero attached hydrogens (tertiary/aromatic N) is 1. The van der Waals surface area contributed by atoms with Gasteiger partial charge in [0.1, 0.15) is 4.90 Å². The lowest BCUT2D eigenvalue weighted by Gasteiger charge is -2.26. The van der Waals surface area contributed by atoms with E-state index in [1.807, 2.05) is 6.92 Å². The number of ether oxygens (including phenoxy) is 1. The number of aryl methyl sites for hydroxylation is 1. The maximum absolute atomic E-state index is 12.8. The van der Waals surface area contributed by atoms with Crippen molar-refractivity contribution in [3.8, 4) is 0 Å². The van der Waals surface area contributed by atoms with Gasteiger partial charge in [0, 0.05) is 37.4 Å². The number of hydrogen-bond donors (Lipinski definition) is 2. The van der Waals surface area contributed by atoms with Crippen LogP contribution in [0.2, 0.25) is 5.02 Å². The zero-order valence-electron chi connectivity index (χ0n) is 16.2. The molecule has 0 bridgehead atoms. The number of nitrogens with one attached hydrogen (secondary N) is 2. The van der Waals surface area contributed by atoms with Crippen LogP contribution in [-0.4, -0.2) is 58.6 Å². The SMILES string of the molecule is Cc1ccc(NS(=O)(=O)c2cc(C(=O)NCCN3CCOCC3)ccc2Cl)cc1. The molecule has 7 nitrogen and oxygen atoms in total. The number of halogens is 1. The van der Waals surface area contributed by atoms with Crippen molar-refractivity contribution in [2.24, 2.45) is 0 Å². The Balaban J connectivity index is 1.67. The minimum atomic E-state index is -3.93. The number of carbonyl (C=O) groups is 1. The topological polar surface area (TPSA) is 87.7 Å². The lowest BCUT2D eigenvalue weighted by Crippen LogP contribution is -2.41. The highest BCUT2D eigenvalue weighted by molar-refractivity contribution is 7.92. The monoisotopic (exact) mass is 437 g/mol. The number of amides is 1. The van der Waals surface area contributed by atoms with Crippen LogP contribution < -0.4 is 10.0 Å². The summed E-state index contributed by atoms with van der Waals surface area (Å²) in [6.45, 7) is 6.15. The average Bonchev–Trinajstić information content (AvgIpc) is 2.70. The van der Waals surface area contributed by atoms with Crippen LogP contribution in [0.1, 0.15) is 15.9 Å². The van der Waals surface area contributed by atoms with Crippen molar-refractivity contribution >= 4 is 33.2 Å². The first kappa shape index (κ1) is 21.6. The quantitative estimate of drug-likeness (QED) is 0.694. The molecule has 2 aromatic carbocycles. The number of sulfonamides is 1. The minimum Gasteiger partial charge on any atom is -0.379 e. The fourth-order valence-corrected chi connectivity index (χ4v) is 4.52. The number of hydrogen-bond acceptors (Lipinski definition) is 5. The number of rotatable bonds is 7. The van der Waals surface area contributed by atoms with Gasteiger partial charge in [-0.1, -0.05) is 29.3 Å². The van der Waals surface area contributed by atoms with Gasteiger partial charge in [0.05, 0.1) is 18.2 Å². The summed E-state index contributed by atoms with van der Waals surface area (Å²) >= 11 is 6.11. The van der Waals surface area contributed by atoms with Crippen LogP contribution in [0.15, 0.2) is 47.4 Å². The largest absolute Gasteiger partial charge is 0.379 e. The summed E-state index contributed by atoms with van der Waals surface area (Å²) < 4.78 is 33.3. The van der Waals surface area contributed by atoms with Gasteiger partial charge in [-0.3, -0.25) is 14.4 Å². The molecule has 0 radical (unpaired) electrons. The third kappa shape index (κ3) is 5.93. The molecule has 0 atom stereocenters. The van der Waals surface area contributed by atoms with Crippen molar-refractivity contribution in [3.63, 3.8) is 0 Å². The smallest absolute Gasteiger partial charge is 0.263 e. The van der Waals surface area contributed by atoms with Gasteiger partial charge in [0.2, 0.25) is 0 Å². The third-order valence-corrected chi connectivity index (χ3v) is 6.47. The van der Waals surface area contributed by atoms with Crippen molar-refractivity contribution in [2.75, 3.05) is 44.1 Å². The Morgan fingerprint density at radius 2 is 1.83 bits per heavy atom. The summed E-state index contributed by atoms with van der Waals surface area (Å²) in [5, 5.41) is 2.87. The average molecular weight is 438 g/mol. The zero-order chi connectivity index (χ0) is 20.9. The molecule has 156 valence electrons. The highest BCUT2D eigenvalue weighted by atomic mass is 35.5. The van der Waals surface area contributed by atoms with Gasteiger partial charge < -0.3 is 10.1 Å². The van der Waals surface area contributed by atoms with Crippen LogP contribution >= 0.6 is 11.6 Å². The molecule has 9 heteroatoms. The molecule has 0 unspecified atom stereocenters. The normalized spacial score (nSPS) is 15.1. The molecule has 0 spiro atoms. The molecule has 1 aliphatic rings. The van der Waals surface area contributed by atoms with Crippen LogP contribution in [0.4, 0.5) is 5.69 Å². The number of anilines is 1. The molecule has 0 saturated carbocycles. The number of carbonyl (C=O) groups excluding carboxylic acids is 1. The van der Waals surface area contributed by atoms with E-state index in [-0.39, 0.29) is 21.4 Å². The predicted molar refractivity (Wildman–Crippen MR) is 113 cm³/mol. The maximum Gasteiger partial charge on any atom is 0.263 e. The lowest BCUT2D eigenvalue weighted by atomic mass is 10.2. The Kier molecular flexibility index (Phi) is 7.13. The van der Waals surface area contributed by atoms with Gasteiger partial charge in [-0.2, -0.15) is 0 Å². The van der Waals surface area contributed by atoms with E-state index >= 15 is 0 Å². The van der Waals surface area contributed by atoms with Crippen LogP contribution in [0.3, 0.4) is 0 Å². The lowest BCUT2D eigenvalue weighted by molar-refractivity contribution is 0.0383. The van der Waals surface area contributed by atoms with E-state index in [1.165, 1.54) is 18.2 Å². The fraction of sp³-hybridized carbons (Fsp3) is 0.350. The summed E-state index contributed by atoms with van der Waals surface area (Å²) in [7, 11) is -3.93. The second kappa shape index (κ2) is 9.58. The molecule has 1 fully saturated rings. The van der Waals surface area contributed by atoms with Crippen LogP contribution in [0.25, 0.3) is 0 Å². The van der Waals surface area contributed by atoms with E-state index in [9.17, 15) is 13.2 Å². The molecule has 3 rings (SSSR count). The highest BCUT2D eigenvalue weighted by Gasteiger charge is 2.20. The molecular formula is C20H24ClN3O4S. The summed E-state index contributed by atoms with van der Waals surface area (Å²) in [5.41, 5.74) is 1.68. The molecule has 29 heavy (non-hydrogen) atoms. The Hall–Kier alpha value is -2.13. The maximum atomic E-state index is 12.8. The number of benzene rings is 2. The minimum absolute atomic E-state index is 0.0504. The second-order valence-corrected chi connectivity index (χ2v) is 8.88. The standard InChI is InChI=1S/C20H24ClN3O4S/c1-15-2-5-17(6-3-15)23-29(26,27)19-14-16(4-7-18(19)21)20(25)22-8-9-24-10-12-28-13-11-24/h2-7,14,23H,8-13H2,1H3,(H,22,25). The van der Waals surface area contributed by atoms with Crippen molar-refractivity contribution in [2.45, 2.75) is 11.8 Å². The van der Waals surface area contributed by atoms with Crippen molar-refractivity contribution in [1.29, 1.82) is 0 Å². The first-order chi connectivity index (χ1) is 13.8. The summed E-state index contributed by atoms with van der Waals surface area (Å²) in [4.78, 5) is 14.5. The molecular weight excluding hydrogens is 414 g/mol. The van der Waals surface area contributed by atoms with Gasteiger partial charge in [-0.15, -0.1) is 0 Å². The van der Waals surface area contributed by atoms with Crippen LogP contribution in [-0.2, 0) is 14.8 Å². The first-order valence-electron chi connectivity index (χ1n) is 9.32. The predicted octanol–water partition coefficient (Wildman–Crippen LogP) is 2.51. The van der Waals surface area contributed by atoms with Gasteiger partial charge in [-0.25, -0.2) is 8.42 Å². The van der Waals surface area contributed by atoms with Crippen molar-refractivity contribution < 1.29 is 17.9 Å². The molecule has 2 aromatic rings. The molecule has 1 aliphatic heterocycles. The van der Waals surface area contributed by atoms with Crippen LogP contribution in [0.5, 0.6) is 0 Å². The van der Waals surface area contributed by atoms with E-state index in [0.717, 1.165) is 18.7 Å². The third-order valence-electron chi connectivity index (χ3n) is 4.60.